The third-order valence-corrected chi connectivity index (χ3v) is 1.59. The van der Waals surface area contributed by atoms with Crippen molar-refractivity contribution in [2.75, 3.05) is 6.54 Å². The molecule has 0 aliphatic carbocycles. The summed E-state index contributed by atoms with van der Waals surface area (Å²) in [5.41, 5.74) is 7.54. The van der Waals surface area contributed by atoms with Gasteiger partial charge in [0.2, 0.25) is 0 Å². The highest BCUT2D eigenvalue weighted by molar-refractivity contribution is 5.85. The molecule has 0 atom stereocenters. The Morgan fingerprint density at radius 1 is 1.33 bits per heavy atom. The SMILES string of the molecule is C#Cc1ccccc1CCN.Cl. The van der Waals surface area contributed by atoms with Crippen LogP contribution in [0.15, 0.2) is 24.3 Å². The summed E-state index contributed by atoms with van der Waals surface area (Å²) in [5.74, 6) is 2.62. The number of hydrogen-bond donors (Lipinski definition) is 1. The van der Waals surface area contributed by atoms with Crippen LogP contribution in [0.1, 0.15) is 11.1 Å². The number of rotatable bonds is 2. The summed E-state index contributed by atoms with van der Waals surface area (Å²) in [5, 5.41) is 0. The van der Waals surface area contributed by atoms with Crippen molar-refractivity contribution in [1.82, 2.24) is 0 Å². The smallest absolute Gasteiger partial charge is 0.0275 e. The van der Waals surface area contributed by atoms with E-state index in [0.29, 0.717) is 6.54 Å². The van der Waals surface area contributed by atoms with Gasteiger partial charge in [-0.25, -0.2) is 0 Å². The Hall–Kier alpha value is -0.970. The van der Waals surface area contributed by atoms with Crippen molar-refractivity contribution in [1.29, 1.82) is 0 Å². The van der Waals surface area contributed by atoms with Gasteiger partial charge in [-0.1, -0.05) is 24.1 Å². The van der Waals surface area contributed by atoms with Crippen molar-refractivity contribution in [3.05, 3.63) is 35.4 Å². The molecule has 12 heavy (non-hydrogen) atoms. The normalized spacial score (nSPS) is 8.33. The van der Waals surface area contributed by atoms with Crippen LogP contribution in [0.3, 0.4) is 0 Å². The number of hydrogen-bond acceptors (Lipinski definition) is 1. The van der Waals surface area contributed by atoms with Crippen molar-refractivity contribution in [3.8, 4) is 12.3 Å². The second-order valence-corrected chi connectivity index (χ2v) is 2.34. The van der Waals surface area contributed by atoms with E-state index in [9.17, 15) is 0 Å². The lowest BCUT2D eigenvalue weighted by molar-refractivity contribution is 0.965. The second-order valence-electron chi connectivity index (χ2n) is 2.34. The highest BCUT2D eigenvalue weighted by atomic mass is 35.5. The monoisotopic (exact) mass is 181 g/mol. The summed E-state index contributed by atoms with van der Waals surface area (Å²) < 4.78 is 0. The number of terminal acetylenes is 1. The molecule has 0 saturated carbocycles. The minimum atomic E-state index is 0. The molecule has 0 fully saturated rings. The van der Waals surface area contributed by atoms with Crippen molar-refractivity contribution in [2.24, 2.45) is 5.73 Å². The molecular formula is C10H12ClN. The fourth-order valence-electron chi connectivity index (χ4n) is 1.03. The maximum atomic E-state index is 5.42. The molecule has 0 aliphatic rings. The van der Waals surface area contributed by atoms with Crippen LogP contribution in [-0.2, 0) is 6.42 Å². The van der Waals surface area contributed by atoms with Gasteiger partial charge in [0.1, 0.15) is 0 Å². The Morgan fingerprint density at radius 2 is 2.00 bits per heavy atom. The van der Waals surface area contributed by atoms with Crippen LogP contribution in [0.5, 0.6) is 0 Å². The summed E-state index contributed by atoms with van der Waals surface area (Å²) in [4.78, 5) is 0. The van der Waals surface area contributed by atoms with Gasteiger partial charge in [0.25, 0.3) is 0 Å². The molecule has 0 bridgehead atoms. The third-order valence-electron chi connectivity index (χ3n) is 1.59. The van der Waals surface area contributed by atoms with Gasteiger partial charge in [-0.3, -0.25) is 0 Å². The Bertz CT molecular complexity index is 275. The van der Waals surface area contributed by atoms with Crippen LogP contribution < -0.4 is 5.73 Å². The maximum absolute atomic E-state index is 5.42. The molecule has 1 nitrogen and oxygen atoms in total. The minimum Gasteiger partial charge on any atom is -0.330 e. The van der Waals surface area contributed by atoms with Crippen LogP contribution in [0.25, 0.3) is 0 Å². The van der Waals surface area contributed by atoms with E-state index < -0.39 is 0 Å². The van der Waals surface area contributed by atoms with Crippen molar-refractivity contribution >= 4 is 12.4 Å². The van der Waals surface area contributed by atoms with Crippen molar-refractivity contribution in [3.63, 3.8) is 0 Å². The number of benzene rings is 1. The predicted molar refractivity (Wildman–Crippen MR) is 54.4 cm³/mol. The highest BCUT2D eigenvalue weighted by Gasteiger charge is 1.95. The molecular weight excluding hydrogens is 170 g/mol. The summed E-state index contributed by atoms with van der Waals surface area (Å²) in [6, 6.07) is 7.87. The Morgan fingerprint density at radius 3 is 2.58 bits per heavy atom. The molecule has 2 heteroatoms. The highest BCUT2D eigenvalue weighted by Crippen LogP contribution is 2.06. The van der Waals surface area contributed by atoms with Crippen LogP contribution >= 0.6 is 12.4 Å². The average molecular weight is 182 g/mol. The van der Waals surface area contributed by atoms with Gasteiger partial charge in [-0.2, -0.15) is 0 Å². The largest absolute Gasteiger partial charge is 0.330 e. The summed E-state index contributed by atoms with van der Waals surface area (Å²) >= 11 is 0. The number of nitrogens with two attached hydrogens (primary N) is 1. The van der Waals surface area contributed by atoms with Gasteiger partial charge in [0, 0.05) is 5.56 Å². The van der Waals surface area contributed by atoms with Crippen LogP contribution in [0, 0.1) is 12.3 Å². The quantitative estimate of drug-likeness (QED) is 0.690. The Balaban J connectivity index is 0.00000121. The molecule has 0 saturated heterocycles. The molecule has 0 aliphatic heterocycles. The van der Waals surface area contributed by atoms with Crippen LogP contribution in [-0.4, -0.2) is 6.54 Å². The molecule has 0 amide bonds. The zero-order valence-electron chi connectivity index (χ0n) is 6.79. The lowest BCUT2D eigenvalue weighted by atomic mass is 10.1. The van der Waals surface area contributed by atoms with Gasteiger partial charge in [-0.15, -0.1) is 18.8 Å². The van der Waals surface area contributed by atoms with Gasteiger partial charge >= 0.3 is 0 Å². The maximum Gasteiger partial charge on any atom is 0.0275 e. The molecule has 0 radical (unpaired) electrons. The molecule has 0 heterocycles. The van der Waals surface area contributed by atoms with Gasteiger partial charge in [0.05, 0.1) is 0 Å². The fourth-order valence-corrected chi connectivity index (χ4v) is 1.03. The summed E-state index contributed by atoms with van der Waals surface area (Å²) in [6.07, 6.45) is 6.15. The first-order valence-electron chi connectivity index (χ1n) is 3.63. The Labute approximate surface area is 79.4 Å². The van der Waals surface area contributed by atoms with E-state index in [1.807, 2.05) is 24.3 Å². The molecule has 2 N–H and O–H groups in total. The van der Waals surface area contributed by atoms with Crippen LogP contribution in [0.4, 0.5) is 0 Å². The molecule has 64 valence electrons. The number of halogens is 1. The first kappa shape index (κ1) is 11.0. The van der Waals surface area contributed by atoms with E-state index >= 15 is 0 Å². The topological polar surface area (TPSA) is 26.0 Å². The molecule has 1 rings (SSSR count). The van der Waals surface area contributed by atoms with Gasteiger partial charge < -0.3 is 5.73 Å². The second kappa shape index (κ2) is 5.65. The summed E-state index contributed by atoms with van der Waals surface area (Å²) in [6.45, 7) is 0.651. The van der Waals surface area contributed by atoms with E-state index in [0.717, 1.165) is 17.5 Å². The lowest BCUT2D eigenvalue weighted by Gasteiger charge is -2.00. The molecule has 0 aromatic heterocycles. The van der Waals surface area contributed by atoms with Gasteiger partial charge in [-0.05, 0) is 24.6 Å². The Kier molecular flexibility index (Phi) is 5.19. The molecule has 0 unspecified atom stereocenters. The lowest BCUT2D eigenvalue weighted by Crippen LogP contribution is -2.03. The average Bonchev–Trinajstić information content (AvgIpc) is 2.06. The van der Waals surface area contributed by atoms with Gasteiger partial charge in [0.15, 0.2) is 0 Å². The van der Waals surface area contributed by atoms with E-state index in [-0.39, 0.29) is 12.4 Å². The van der Waals surface area contributed by atoms with E-state index in [2.05, 4.69) is 5.92 Å². The predicted octanol–water partition coefficient (Wildman–Crippen LogP) is 1.59. The molecule has 0 spiro atoms. The third kappa shape index (κ3) is 2.58. The van der Waals surface area contributed by atoms with Crippen LogP contribution in [0.2, 0.25) is 0 Å². The molecule has 1 aromatic carbocycles. The van der Waals surface area contributed by atoms with E-state index in [1.54, 1.807) is 0 Å². The standard InChI is InChI=1S/C10H11N.ClH/c1-2-9-5-3-4-6-10(9)7-8-11;/h1,3-6H,7-8,11H2;1H. The zero-order chi connectivity index (χ0) is 8.10. The fraction of sp³-hybridized carbons (Fsp3) is 0.200. The first-order chi connectivity index (χ1) is 5.38. The van der Waals surface area contributed by atoms with E-state index in [1.165, 1.54) is 0 Å². The van der Waals surface area contributed by atoms with Crippen molar-refractivity contribution in [2.45, 2.75) is 6.42 Å². The molecule has 1 aromatic rings. The first-order valence-corrected chi connectivity index (χ1v) is 3.63. The zero-order valence-corrected chi connectivity index (χ0v) is 7.60. The van der Waals surface area contributed by atoms with E-state index in [4.69, 9.17) is 12.2 Å². The summed E-state index contributed by atoms with van der Waals surface area (Å²) in [7, 11) is 0. The minimum absolute atomic E-state index is 0. The van der Waals surface area contributed by atoms with Crippen molar-refractivity contribution < 1.29 is 0 Å².